The first-order valence-electron chi connectivity index (χ1n) is 6.78. The monoisotopic (exact) mass is 303 g/mol. The molecule has 0 radical (unpaired) electrons. The van der Waals surface area contributed by atoms with Gasteiger partial charge < -0.3 is 5.32 Å². The third-order valence-electron chi connectivity index (χ3n) is 3.50. The summed E-state index contributed by atoms with van der Waals surface area (Å²) < 4.78 is 24.9. The second kappa shape index (κ2) is 5.46. The Hall–Kier alpha value is -1.92. The Kier molecular flexibility index (Phi) is 3.65. The Morgan fingerprint density at radius 3 is 2.76 bits per heavy atom. The van der Waals surface area contributed by atoms with Gasteiger partial charge in [-0.05, 0) is 19.1 Å². The Morgan fingerprint density at radius 1 is 1.33 bits per heavy atom. The summed E-state index contributed by atoms with van der Waals surface area (Å²) in [4.78, 5) is 4.35. The molecule has 1 atom stereocenters. The first-order valence-corrected chi connectivity index (χ1v) is 8.50. The summed E-state index contributed by atoms with van der Waals surface area (Å²) in [6.07, 6.45) is 3.52. The van der Waals surface area contributed by atoms with Crippen molar-refractivity contribution in [2.24, 2.45) is 0 Å². The number of rotatable bonds is 4. The number of imidazole rings is 1. The van der Waals surface area contributed by atoms with Crippen molar-refractivity contribution >= 4 is 9.84 Å². The quantitative estimate of drug-likeness (QED) is 0.931. The van der Waals surface area contributed by atoms with Gasteiger partial charge in [-0.1, -0.05) is 24.3 Å². The second-order valence-electron chi connectivity index (χ2n) is 5.11. The minimum Gasteiger partial charge on any atom is -0.304 e. The normalized spacial score (nSPS) is 20.0. The molecular weight excluding hydrogens is 286 g/mol. The molecule has 1 aromatic heterocycles. The fraction of sp³-hybridized carbons (Fsp3) is 0.267. The SMILES string of the molecule is Cc1ncc(CNC2C=CS(=O)(=O)C2)n1-c1ccccc1. The van der Waals surface area contributed by atoms with Crippen molar-refractivity contribution in [3.63, 3.8) is 0 Å². The molecule has 0 amide bonds. The molecule has 0 saturated carbocycles. The fourth-order valence-corrected chi connectivity index (χ4v) is 3.75. The largest absolute Gasteiger partial charge is 0.304 e. The summed E-state index contributed by atoms with van der Waals surface area (Å²) >= 11 is 0. The van der Waals surface area contributed by atoms with Gasteiger partial charge in [-0.25, -0.2) is 13.4 Å². The number of sulfone groups is 1. The van der Waals surface area contributed by atoms with E-state index < -0.39 is 9.84 Å². The van der Waals surface area contributed by atoms with Crippen LogP contribution in [-0.2, 0) is 16.4 Å². The van der Waals surface area contributed by atoms with Crippen molar-refractivity contribution in [2.75, 3.05) is 5.75 Å². The van der Waals surface area contributed by atoms with E-state index in [-0.39, 0.29) is 11.8 Å². The molecule has 1 N–H and O–H groups in total. The highest BCUT2D eigenvalue weighted by Crippen LogP contribution is 2.15. The molecular formula is C15H17N3O2S. The van der Waals surface area contributed by atoms with Gasteiger partial charge in [0.05, 0.1) is 17.6 Å². The average Bonchev–Trinajstić information content (AvgIpc) is 3.00. The zero-order valence-corrected chi connectivity index (χ0v) is 12.5. The van der Waals surface area contributed by atoms with Gasteiger partial charge in [-0.2, -0.15) is 0 Å². The Morgan fingerprint density at radius 2 is 2.10 bits per heavy atom. The van der Waals surface area contributed by atoms with Crippen LogP contribution in [0.5, 0.6) is 0 Å². The van der Waals surface area contributed by atoms with Crippen LogP contribution < -0.4 is 5.32 Å². The summed E-state index contributed by atoms with van der Waals surface area (Å²) in [7, 11) is -3.02. The van der Waals surface area contributed by atoms with E-state index in [9.17, 15) is 8.42 Å². The predicted octanol–water partition coefficient (Wildman–Crippen LogP) is 1.58. The van der Waals surface area contributed by atoms with Gasteiger partial charge >= 0.3 is 0 Å². The van der Waals surface area contributed by atoms with E-state index in [2.05, 4.69) is 14.9 Å². The van der Waals surface area contributed by atoms with Crippen LogP contribution in [0, 0.1) is 6.92 Å². The molecule has 1 aliphatic rings. The minimum absolute atomic E-state index is 0.130. The Balaban J connectivity index is 1.77. The van der Waals surface area contributed by atoms with E-state index in [0.29, 0.717) is 6.54 Å². The predicted molar refractivity (Wildman–Crippen MR) is 81.9 cm³/mol. The molecule has 1 aromatic carbocycles. The van der Waals surface area contributed by atoms with Gasteiger partial charge in [-0.15, -0.1) is 0 Å². The lowest BCUT2D eigenvalue weighted by Crippen LogP contribution is -2.30. The summed E-state index contributed by atoms with van der Waals surface area (Å²) in [5, 5.41) is 4.53. The fourth-order valence-electron chi connectivity index (χ4n) is 2.48. The third-order valence-corrected chi connectivity index (χ3v) is 4.90. The van der Waals surface area contributed by atoms with Gasteiger partial charge in [0, 0.05) is 23.7 Å². The van der Waals surface area contributed by atoms with E-state index in [1.165, 1.54) is 5.41 Å². The molecule has 1 aliphatic heterocycles. The van der Waals surface area contributed by atoms with E-state index >= 15 is 0 Å². The number of nitrogens with one attached hydrogen (secondary N) is 1. The highest BCUT2D eigenvalue weighted by Gasteiger charge is 2.21. The van der Waals surface area contributed by atoms with Crippen LogP contribution in [0.3, 0.4) is 0 Å². The van der Waals surface area contributed by atoms with E-state index in [1.807, 2.05) is 43.5 Å². The van der Waals surface area contributed by atoms with Gasteiger partial charge in [0.25, 0.3) is 0 Å². The smallest absolute Gasteiger partial charge is 0.173 e. The van der Waals surface area contributed by atoms with E-state index in [4.69, 9.17) is 0 Å². The number of hydrogen-bond acceptors (Lipinski definition) is 4. The van der Waals surface area contributed by atoms with E-state index in [1.54, 1.807) is 6.08 Å². The van der Waals surface area contributed by atoms with E-state index in [0.717, 1.165) is 17.2 Å². The standard InChI is InChI=1S/C15H17N3O2S/c1-12-16-9-15(18(12)14-5-3-2-4-6-14)10-17-13-7-8-21(19,20)11-13/h2-9,13,17H,10-11H2,1H3. The van der Waals surface area contributed by atoms with Crippen molar-refractivity contribution in [3.8, 4) is 5.69 Å². The van der Waals surface area contributed by atoms with Crippen LogP contribution in [0.1, 0.15) is 11.5 Å². The molecule has 3 rings (SSSR count). The zero-order chi connectivity index (χ0) is 14.9. The van der Waals surface area contributed by atoms with Crippen molar-refractivity contribution < 1.29 is 8.42 Å². The molecule has 5 nitrogen and oxygen atoms in total. The Bertz CT molecular complexity index is 763. The van der Waals surface area contributed by atoms with Crippen molar-refractivity contribution in [1.29, 1.82) is 0 Å². The second-order valence-corrected chi connectivity index (χ2v) is 7.04. The molecule has 110 valence electrons. The van der Waals surface area contributed by atoms with Gasteiger partial charge in [0.1, 0.15) is 5.82 Å². The molecule has 0 fully saturated rings. The molecule has 2 aromatic rings. The van der Waals surface area contributed by atoms with Crippen LogP contribution in [0.2, 0.25) is 0 Å². The van der Waals surface area contributed by atoms with Crippen LogP contribution in [0.15, 0.2) is 48.0 Å². The lowest BCUT2D eigenvalue weighted by Gasteiger charge is -2.13. The lowest BCUT2D eigenvalue weighted by molar-refractivity contribution is 0.586. The summed E-state index contributed by atoms with van der Waals surface area (Å²) in [5.74, 6) is 1.04. The number of hydrogen-bond donors (Lipinski definition) is 1. The van der Waals surface area contributed by atoms with Crippen molar-refractivity contribution in [2.45, 2.75) is 19.5 Å². The number of aromatic nitrogens is 2. The van der Waals surface area contributed by atoms with Crippen LogP contribution in [-0.4, -0.2) is 29.8 Å². The number of aryl methyl sites for hydroxylation is 1. The molecule has 6 heteroatoms. The molecule has 0 aliphatic carbocycles. The van der Waals surface area contributed by atoms with Crippen molar-refractivity contribution in [3.05, 3.63) is 59.5 Å². The lowest BCUT2D eigenvalue weighted by atomic mass is 10.3. The first kappa shape index (κ1) is 14.0. The van der Waals surface area contributed by atoms with Gasteiger partial charge in [0.15, 0.2) is 9.84 Å². The third kappa shape index (κ3) is 3.06. The maximum absolute atomic E-state index is 11.4. The number of nitrogens with zero attached hydrogens (tertiary/aromatic N) is 2. The number of para-hydroxylation sites is 1. The van der Waals surface area contributed by atoms with Crippen LogP contribution in [0.4, 0.5) is 0 Å². The Labute approximate surface area is 124 Å². The van der Waals surface area contributed by atoms with Crippen LogP contribution >= 0.6 is 0 Å². The van der Waals surface area contributed by atoms with Crippen LogP contribution in [0.25, 0.3) is 5.69 Å². The van der Waals surface area contributed by atoms with Crippen molar-refractivity contribution in [1.82, 2.24) is 14.9 Å². The maximum atomic E-state index is 11.4. The molecule has 0 bridgehead atoms. The molecule has 0 spiro atoms. The molecule has 0 saturated heterocycles. The molecule has 21 heavy (non-hydrogen) atoms. The minimum atomic E-state index is -3.02. The average molecular weight is 303 g/mol. The highest BCUT2D eigenvalue weighted by molar-refractivity contribution is 7.94. The first-order chi connectivity index (χ1) is 10.1. The summed E-state index contributed by atoms with van der Waals surface area (Å²) in [6, 6.07) is 9.86. The highest BCUT2D eigenvalue weighted by atomic mass is 32.2. The maximum Gasteiger partial charge on any atom is 0.173 e. The number of benzene rings is 1. The molecule has 1 unspecified atom stereocenters. The molecule has 2 heterocycles. The summed E-state index contributed by atoms with van der Waals surface area (Å²) in [5.41, 5.74) is 2.07. The topological polar surface area (TPSA) is 64.0 Å². The zero-order valence-electron chi connectivity index (χ0n) is 11.7. The van der Waals surface area contributed by atoms with Gasteiger partial charge in [-0.3, -0.25) is 4.57 Å². The summed E-state index contributed by atoms with van der Waals surface area (Å²) in [6.45, 7) is 2.52. The van der Waals surface area contributed by atoms with Gasteiger partial charge in [0.2, 0.25) is 0 Å².